The fourth-order valence-electron chi connectivity index (χ4n) is 6.65. The molecule has 6 rings (SSSR count). The molecular formula is C42H38Cl2O5Sb2. The van der Waals surface area contributed by atoms with Gasteiger partial charge >= 0.3 is 316 Å². The molecule has 0 heterocycles. The third-order valence-electron chi connectivity index (χ3n) is 8.81. The minimum absolute atomic E-state index is 0.0391. The molecule has 0 aliphatic rings. The number of rotatable bonds is 14. The predicted octanol–water partition coefficient (Wildman–Crippen LogP) is 5.58. The molecule has 0 atom stereocenters. The molecular weight excluding hydrogens is 899 g/mol. The van der Waals surface area contributed by atoms with Crippen LogP contribution in [-0.2, 0) is 16.9 Å². The van der Waals surface area contributed by atoms with Crippen LogP contribution in [0.3, 0.4) is 0 Å². The third kappa shape index (κ3) is 6.54. The molecule has 0 amide bonds. The number of halogens is 2. The van der Waals surface area contributed by atoms with Gasteiger partial charge in [-0.3, -0.25) is 0 Å². The average molecular weight is 937 g/mol. The average Bonchev–Trinajstić information content (AvgIpc) is 3.20. The molecule has 0 N–H and O–H groups in total. The van der Waals surface area contributed by atoms with E-state index in [0.29, 0.717) is 21.1 Å². The molecule has 260 valence electrons. The summed E-state index contributed by atoms with van der Waals surface area (Å²) in [4.78, 5) is 28.9. The summed E-state index contributed by atoms with van der Waals surface area (Å²) in [6.45, 7) is 0. The first-order chi connectivity index (χ1) is 24.9. The Bertz CT molecular complexity index is 1700. The summed E-state index contributed by atoms with van der Waals surface area (Å²) in [5.74, 6) is -0.980. The van der Waals surface area contributed by atoms with Crippen molar-refractivity contribution in [2.45, 2.75) is 12.8 Å². The van der Waals surface area contributed by atoms with E-state index in [-0.39, 0.29) is 24.6 Å². The molecule has 0 bridgehead atoms. The number of hydrogen-bond acceptors (Lipinski definition) is 5. The molecule has 0 aliphatic heterocycles. The summed E-state index contributed by atoms with van der Waals surface area (Å²) in [6, 6.07) is 58.0. The van der Waals surface area contributed by atoms with Crippen LogP contribution in [0.15, 0.2) is 182 Å². The van der Waals surface area contributed by atoms with Crippen LogP contribution in [0.4, 0.5) is 0 Å². The van der Waals surface area contributed by atoms with Gasteiger partial charge in [-0.05, 0) is 0 Å². The first-order valence-corrected chi connectivity index (χ1v) is 29.5. The van der Waals surface area contributed by atoms with Crippen molar-refractivity contribution >= 4 is 92.7 Å². The van der Waals surface area contributed by atoms with E-state index < -0.39 is 48.4 Å². The molecule has 51 heavy (non-hydrogen) atoms. The van der Waals surface area contributed by atoms with Crippen LogP contribution in [0, 0.1) is 0 Å². The van der Waals surface area contributed by atoms with Crippen molar-refractivity contribution in [3.63, 3.8) is 0 Å². The molecule has 0 radical (unpaired) electrons. The Morgan fingerprint density at radius 1 is 0.373 bits per heavy atom. The second kappa shape index (κ2) is 16.0. The Labute approximate surface area is 313 Å². The summed E-state index contributed by atoms with van der Waals surface area (Å²) in [5, 5.41) is 0. The summed E-state index contributed by atoms with van der Waals surface area (Å²) in [5.41, 5.74) is 0. The van der Waals surface area contributed by atoms with Crippen molar-refractivity contribution in [1.29, 1.82) is 0 Å². The van der Waals surface area contributed by atoms with E-state index in [0.717, 1.165) is 0 Å². The summed E-state index contributed by atoms with van der Waals surface area (Å²) in [6.07, 6.45) is -0.144. The van der Waals surface area contributed by atoms with E-state index in [2.05, 4.69) is 0 Å². The van der Waals surface area contributed by atoms with Gasteiger partial charge in [0.2, 0.25) is 0 Å². The Morgan fingerprint density at radius 3 is 0.745 bits per heavy atom. The van der Waals surface area contributed by atoms with E-state index >= 15 is 0 Å². The Kier molecular flexibility index (Phi) is 11.7. The van der Waals surface area contributed by atoms with E-state index in [9.17, 15) is 9.59 Å². The van der Waals surface area contributed by atoms with Crippen molar-refractivity contribution < 1.29 is 16.9 Å². The molecule has 0 spiro atoms. The van der Waals surface area contributed by atoms with Gasteiger partial charge in [0.15, 0.2) is 0 Å². The van der Waals surface area contributed by atoms with Gasteiger partial charge in [0.05, 0.1) is 0 Å². The summed E-state index contributed by atoms with van der Waals surface area (Å²) in [7, 11) is 0. The van der Waals surface area contributed by atoms with E-state index in [1.54, 1.807) is 0 Å². The van der Waals surface area contributed by atoms with Crippen LogP contribution in [0.25, 0.3) is 0 Å². The van der Waals surface area contributed by atoms with Gasteiger partial charge in [-0.25, -0.2) is 0 Å². The van der Waals surface area contributed by atoms with E-state index in [4.69, 9.17) is 30.5 Å². The molecule has 0 aliphatic carbocycles. The SMILES string of the molecule is O=C(CCCl)[O][Sb]([O][Sb]([O]C(=O)CCCl)([c]1ccccc1)([c]1ccccc1)[c]1ccccc1)([c]1ccccc1)([c]1ccccc1)[c]1ccccc1. The normalized spacial score (nSPS) is 13.1. The summed E-state index contributed by atoms with van der Waals surface area (Å²) < 4.78 is 27.3. The van der Waals surface area contributed by atoms with Crippen LogP contribution >= 0.6 is 23.2 Å². The van der Waals surface area contributed by atoms with Gasteiger partial charge in [0.1, 0.15) is 0 Å². The first-order valence-electron chi connectivity index (χ1n) is 16.6. The Hall–Kier alpha value is -3.56. The van der Waals surface area contributed by atoms with Gasteiger partial charge in [-0.1, -0.05) is 0 Å². The Morgan fingerprint density at radius 2 is 0.569 bits per heavy atom. The van der Waals surface area contributed by atoms with Crippen LogP contribution in [0.1, 0.15) is 12.8 Å². The zero-order chi connectivity index (χ0) is 35.7. The topological polar surface area (TPSA) is 61.8 Å². The molecule has 0 unspecified atom stereocenters. The van der Waals surface area contributed by atoms with Crippen LogP contribution < -0.4 is 21.1 Å². The molecule has 0 saturated heterocycles. The molecule has 0 saturated carbocycles. The van der Waals surface area contributed by atoms with Crippen molar-refractivity contribution in [2.24, 2.45) is 0 Å². The third-order valence-corrected chi connectivity index (χ3v) is 47.2. The van der Waals surface area contributed by atoms with Crippen molar-refractivity contribution in [1.82, 2.24) is 0 Å². The maximum atomic E-state index is 14.5. The monoisotopic (exact) mass is 934 g/mol. The van der Waals surface area contributed by atoms with Gasteiger partial charge in [0.25, 0.3) is 0 Å². The maximum absolute atomic E-state index is 14.5. The van der Waals surface area contributed by atoms with Gasteiger partial charge in [-0.2, -0.15) is 0 Å². The van der Waals surface area contributed by atoms with Crippen molar-refractivity contribution in [2.75, 3.05) is 11.8 Å². The fraction of sp³-hybridized carbons (Fsp3) is 0.0952. The Balaban J connectivity index is 1.97. The van der Waals surface area contributed by atoms with Crippen LogP contribution in [-0.4, -0.2) is 60.2 Å². The van der Waals surface area contributed by atoms with E-state index in [1.807, 2.05) is 182 Å². The van der Waals surface area contributed by atoms with Crippen molar-refractivity contribution in [3.8, 4) is 0 Å². The number of carbonyl (C=O) groups excluding carboxylic acids is 2. The zero-order valence-corrected chi connectivity index (χ0v) is 34.5. The van der Waals surface area contributed by atoms with Crippen LogP contribution in [0.5, 0.6) is 0 Å². The second-order valence-corrected chi connectivity index (χ2v) is 37.0. The second-order valence-electron chi connectivity index (χ2n) is 11.8. The first kappa shape index (κ1) is 37.2. The van der Waals surface area contributed by atoms with Crippen molar-refractivity contribution in [3.05, 3.63) is 182 Å². The molecule has 9 heteroatoms. The van der Waals surface area contributed by atoms with Gasteiger partial charge in [-0.15, -0.1) is 0 Å². The van der Waals surface area contributed by atoms with Crippen LogP contribution in [0.2, 0.25) is 0 Å². The number of alkyl halides is 2. The standard InChI is InChI=1S/6C6H5.2C3H5ClO2.O.2Sb/c6*1-2-4-6-5-3-1;2*4-2-1-3(5)6;;;/h6*1-5H;2*1-2H2,(H,5,6);;;/q;;;;;;;;;2*+1/p-2. The zero-order valence-electron chi connectivity index (χ0n) is 27.8. The quantitative estimate of drug-likeness (QED) is 0.106. The van der Waals surface area contributed by atoms with Gasteiger partial charge < -0.3 is 0 Å². The van der Waals surface area contributed by atoms with E-state index in [1.165, 1.54) is 0 Å². The minimum atomic E-state index is -6.44. The fourth-order valence-corrected chi connectivity index (χ4v) is 55.8. The molecule has 0 aromatic heterocycles. The van der Waals surface area contributed by atoms with Gasteiger partial charge in [0, 0.05) is 0 Å². The number of carbonyl (C=O) groups is 2. The predicted molar refractivity (Wildman–Crippen MR) is 212 cm³/mol. The molecule has 6 aromatic carbocycles. The molecule has 6 aromatic rings. The number of benzene rings is 6. The molecule has 0 fully saturated rings. The number of hydrogen-bond donors (Lipinski definition) is 0. The molecule has 5 nitrogen and oxygen atoms in total. The summed E-state index contributed by atoms with van der Waals surface area (Å²) >= 11 is -0.327.